The van der Waals surface area contributed by atoms with E-state index in [0.717, 1.165) is 22.1 Å². The lowest BCUT2D eigenvalue weighted by Crippen LogP contribution is -2.12. The molecule has 3 nitrogen and oxygen atoms in total. The van der Waals surface area contributed by atoms with E-state index in [2.05, 4.69) is 17.1 Å². The zero-order valence-corrected chi connectivity index (χ0v) is 12.5. The Bertz CT molecular complexity index is 580. The largest absolute Gasteiger partial charge is 0.382 e. The van der Waals surface area contributed by atoms with Gasteiger partial charge in [-0.2, -0.15) is 5.10 Å². The Hall–Kier alpha value is -1.48. The quantitative estimate of drug-likeness (QED) is 0.848. The minimum atomic E-state index is 0.543. The molecule has 1 aliphatic rings. The molecule has 4 heteroatoms. The zero-order valence-electron chi connectivity index (χ0n) is 11.7. The third kappa shape index (κ3) is 2.55. The van der Waals surface area contributed by atoms with Crippen molar-refractivity contribution in [1.82, 2.24) is 10.2 Å². The Morgan fingerprint density at radius 2 is 1.80 bits per heavy atom. The molecule has 0 saturated heterocycles. The summed E-state index contributed by atoms with van der Waals surface area (Å²) in [6.07, 6.45) is 4.99. The maximum absolute atomic E-state index is 6.07. The summed E-state index contributed by atoms with van der Waals surface area (Å²) >= 11 is 5.96. The highest BCUT2D eigenvalue weighted by molar-refractivity contribution is 6.30. The molecule has 3 N–H and O–H groups in total. The predicted molar refractivity (Wildman–Crippen MR) is 83.8 cm³/mol. The van der Waals surface area contributed by atoms with Crippen molar-refractivity contribution in [1.29, 1.82) is 0 Å². The van der Waals surface area contributed by atoms with E-state index in [1.54, 1.807) is 0 Å². The molecule has 3 rings (SSSR count). The summed E-state index contributed by atoms with van der Waals surface area (Å²) in [5.41, 5.74) is 9.41. The monoisotopic (exact) mass is 289 g/mol. The van der Waals surface area contributed by atoms with Crippen LogP contribution in [0.1, 0.15) is 44.2 Å². The van der Waals surface area contributed by atoms with Crippen LogP contribution in [0.4, 0.5) is 5.82 Å². The fraction of sp³-hybridized carbons (Fsp3) is 0.438. The summed E-state index contributed by atoms with van der Waals surface area (Å²) in [5.74, 6) is 1.97. The first kappa shape index (κ1) is 13.5. The highest BCUT2D eigenvalue weighted by Crippen LogP contribution is 2.40. The van der Waals surface area contributed by atoms with Gasteiger partial charge in [0, 0.05) is 22.2 Å². The van der Waals surface area contributed by atoms with Crippen LogP contribution in [0.2, 0.25) is 5.02 Å². The molecule has 1 saturated carbocycles. The SMILES string of the molecule is CC1CCC(c2[nH]nc(N)c2-c2ccc(Cl)cc2)CC1. The van der Waals surface area contributed by atoms with Crippen molar-refractivity contribution in [2.45, 2.75) is 38.5 Å². The molecular weight excluding hydrogens is 270 g/mol. The first-order chi connectivity index (χ1) is 9.65. The smallest absolute Gasteiger partial charge is 0.153 e. The third-order valence-electron chi connectivity index (χ3n) is 4.38. The highest BCUT2D eigenvalue weighted by atomic mass is 35.5. The summed E-state index contributed by atoms with van der Waals surface area (Å²) in [6.45, 7) is 2.33. The van der Waals surface area contributed by atoms with Crippen LogP contribution in [0.3, 0.4) is 0 Å². The van der Waals surface area contributed by atoms with Crippen LogP contribution in [-0.4, -0.2) is 10.2 Å². The number of nitrogens with one attached hydrogen (secondary N) is 1. The molecule has 20 heavy (non-hydrogen) atoms. The van der Waals surface area contributed by atoms with Crippen molar-refractivity contribution in [2.75, 3.05) is 5.73 Å². The van der Waals surface area contributed by atoms with E-state index in [-0.39, 0.29) is 0 Å². The fourth-order valence-electron chi connectivity index (χ4n) is 3.13. The van der Waals surface area contributed by atoms with Crippen molar-refractivity contribution in [3.63, 3.8) is 0 Å². The molecule has 0 spiro atoms. The Kier molecular flexibility index (Phi) is 3.70. The maximum Gasteiger partial charge on any atom is 0.153 e. The Morgan fingerprint density at radius 3 is 2.45 bits per heavy atom. The number of hydrogen-bond donors (Lipinski definition) is 2. The van der Waals surface area contributed by atoms with Crippen molar-refractivity contribution >= 4 is 17.4 Å². The molecule has 1 aliphatic carbocycles. The molecule has 0 amide bonds. The van der Waals surface area contributed by atoms with Gasteiger partial charge in [-0.3, -0.25) is 5.10 Å². The number of aromatic nitrogens is 2. The first-order valence-corrected chi connectivity index (χ1v) is 7.62. The number of rotatable bonds is 2. The first-order valence-electron chi connectivity index (χ1n) is 7.25. The van der Waals surface area contributed by atoms with Gasteiger partial charge in [0.05, 0.1) is 0 Å². The zero-order chi connectivity index (χ0) is 14.1. The third-order valence-corrected chi connectivity index (χ3v) is 4.63. The molecule has 1 aromatic carbocycles. The predicted octanol–water partition coefficient (Wildman–Crippen LogP) is 4.61. The molecule has 1 fully saturated rings. The Labute approximate surface area is 124 Å². The summed E-state index contributed by atoms with van der Waals surface area (Å²) in [6, 6.07) is 7.82. The molecule has 0 unspecified atom stereocenters. The minimum absolute atomic E-state index is 0.543. The molecule has 2 aromatic rings. The van der Waals surface area contributed by atoms with Crippen LogP contribution in [0, 0.1) is 5.92 Å². The standard InChI is InChI=1S/C16H20ClN3/c1-10-2-4-12(5-3-10)15-14(16(18)20-19-15)11-6-8-13(17)9-7-11/h6-10,12H,2-5H2,1H3,(H3,18,19,20). The van der Waals surface area contributed by atoms with Crippen LogP contribution in [0.5, 0.6) is 0 Å². The highest BCUT2D eigenvalue weighted by Gasteiger charge is 2.25. The van der Waals surface area contributed by atoms with Gasteiger partial charge in [-0.05, 0) is 36.5 Å². The minimum Gasteiger partial charge on any atom is -0.382 e. The van der Waals surface area contributed by atoms with Crippen molar-refractivity contribution < 1.29 is 0 Å². The second-order valence-electron chi connectivity index (χ2n) is 5.86. The molecule has 0 radical (unpaired) electrons. The number of hydrogen-bond acceptors (Lipinski definition) is 2. The normalized spacial score (nSPS) is 22.9. The second kappa shape index (κ2) is 5.49. The lowest BCUT2D eigenvalue weighted by atomic mass is 9.80. The van der Waals surface area contributed by atoms with Crippen LogP contribution in [0.15, 0.2) is 24.3 Å². The van der Waals surface area contributed by atoms with Crippen LogP contribution in [-0.2, 0) is 0 Å². The molecule has 0 bridgehead atoms. The van der Waals surface area contributed by atoms with Crippen LogP contribution >= 0.6 is 11.6 Å². The molecular formula is C16H20ClN3. The second-order valence-corrected chi connectivity index (χ2v) is 6.30. The number of anilines is 1. The summed E-state index contributed by atoms with van der Waals surface area (Å²) in [5, 5.41) is 8.13. The average molecular weight is 290 g/mol. The fourth-order valence-corrected chi connectivity index (χ4v) is 3.26. The number of halogens is 1. The van der Waals surface area contributed by atoms with Crippen LogP contribution < -0.4 is 5.73 Å². The number of aromatic amines is 1. The number of nitrogens with two attached hydrogens (primary N) is 1. The van der Waals surface area contributed by atoms with Gasteiger partial charge in [0.25, 0.3) is 0 Å². The molecule has 0 aliphatic heterocycles. The summed E-state index contributed by atoms with van der Waals surface area (Å²) < 4.78 is 0. The van der Waals surface area contributed by atoms with Gasteiger partial charge in [-0.1, -0.05) is 43.5 Å². The molecule has 0 atom stereocenters. The van der Waals surface area contributed by atoms with Crippen molar-refractivity contribution in [3.8, 4) is 11.1 Å². The maximum atomic E-state index is 6.07. The van der Waals surface area contributed by atoms with Gasteiger partial charge in [-0.15, -0.1) is 0 Å². The van der Waals surface area contributed by atoms with E-state index >= 15 is 0 Å². The number of nitrogens with zero attached hydrogens (tertiary/aromatic N) is 1. The van der Waals surface area contributed by atoms with E-state index in [0.29, 0.717) is 11.7 Å². The summed E-state index contributed by atoms with van der Waals surface area (Å²) in [7, 11) is 0. The molecule has 106 valence electrons. The number of H-pyrrole nitrogens is 1. The van der Waals surface area contributed by atoms with E-state index < -0.39 is 0 Å². The van der Waals surface area contributed by atoms with Gasteiger partial charge >= 0.3 is 0 Å². The van der Waals surface area contributed by atoms with Gasteiger partial charge in [0.1, 0.15) is 0 Å². The molecule has 1 heterocycles. The van der Waals surface area contributed by atoms with Gasteiger partial charge in [0.15, 0.2) is 5.82 Å². The molecule has 1 aromatic heterocycles. The van der Waals surface area contributed by atoms with Crippen molar-refractivity contribution in [2.24, 2.45) is 5.92 Å². The average Bonchev–Trinajstić information content (AvgIpc) is 2.83. The lowest BCUT2D eigenvalue weighted by molar-refractivity contribution is 0.344. The number of benzene rings is 1. The van der Waals surface area contributed by atoms with Gasteiger partial charge in [0.2, 0.25) is 0 Å². The van der Waals surface area contributed by atoms with Gasteiger partial charge < -0.3 is 5.73 Å². The van der Waals surface area contributed by atoms with E-state index in [4.69, 9.17) is 17.3 Å². The summed E-state index contributed by atoms with van der Waals surface area (Å²) in [4.78, 5) is 0. The number of nitrogen functional groups attached to an aromatic ring is 1. The van der Waals surface area contributed by atoms with Gasteiger partial charge in [-0.25, -0.2) is 0 Å². The van der Waals surface area contributed by atoms with E-state index in [9.17, 15) is 0 Å². The topological polar surface area (TPSA) is 54.7 Å². The van der Waals surface area contributed by atoms with Crippen LogP contribution in [0.25, 0.3) is 11.1 Å². The Morgan fingerprint density at radius 1 is 1.15 bits per heavy atom. The Balaban J connectivity index is 1.95. The van der Waals surface area contributed by atoms with Crippen molar-refractivity contribution in [3.05, 3.63) is 35.0 Å². The lowest BCUT2D eigenvalue weighted by Gasteiger charge is -2.26. The van der Waals surface area contributed by atoms with E-state index in [1.807, 2.05) is 24.3 Å². The van der Waals surface area contributed by atoms with E-state index in [1.165, 1.54) is 31.4 Å².